The zero-order chi connectivity index (χ0) is 6.28. The molecule has 0 aromatic heterocycles. The smallest absolute Gasteiger partial charge is 0.225 e. The molecule has 0 bridgehead atoms. The summed E-state index contributed by atoms with van der Waals surface area (Å²) in [7, 11) is 0. The van der Waals surface area contributed by atoms with E-state index in [-0.39, 0.29) is 6.13 Å². The zero-order valence-corrected chi connectivity index (χ0v) is 4.56. The summed E-state index contributed by atoms with van der Waals surface area (Å²) in [6.07, 6.45) is -0.0278. The van der Waals surface area contributed by atoms with E-state index >= 15 is 0 Å². The molecule has 0 amide bonds. The molecule has 0 nitrogen and oxygen atoms in total. The summed E-state index contributed by atoms with van der Waals surface area (Å²) in [6.45, 7) is 0. The van der Waals surface area contributed by atoms with Crippen LogP contribution in [0.25, 0.3) is 0 Å². The maximum absolute atomic E-state index is 10.1. The van der Waals surface area contributed by atoms with Gasteiger partial charge in [0.05, 0.1) is 0 Å². The van der Waals surface area contributed by atoms with Gasteiger partial charge in [-0.2, -0.15) is 8.78 Å². The minimum absolute atomic E-state index is 0.0278. The minimum atomic E-state index is -2.69. The predicted octanol–water partition coefficient (Wildman–Crippen LogP) is 2.76. The summed E-state index contributed by atoms with van der Waals surface area (Å²) in [5.41, 5.74) is 0. The second-order valence-electron chi connectivity index (χ2n) is 0.330. The average molecular weight is 154 g/mol. The summed E-state index contributed by atoms with van der Waals surface area (Å²) in [4.78, 5) is 0. The Labute approximate surface area is 49.2 Å². The Morgan fingerprint density at radius 2 is 1.43 bits per heavy atom. The lowest BCUT2D eigenvalue weighted by Crippen LogP contribution is -1.62. The highest BCUT2D eigenvalue weighted by Gasteiger charge is 1.83. The lowest BCUT2D eigenvalue weighted by Gasteiger charge is -1.66. The van der Waals surface area contributed by atoms with E-state index in [1.165, 1.54) is 0 Å². The second kappa shape index (κ2) is 9.62. The summed E-state index contributed by atoms with van der Waals surface area (Å²) in [6, 6.07) is 0. The first-order valence-electron chi connectivity index (χ1n) is 1.09. The monoisotopic (exact) mass is 153 g/mol. The van der Waals surface area contributed by atoms with Gasteiger partial charge >= 0.3 is 5.88 Å². The third kappa shape index (κ3) is 889. The van der Waals surface area contributed by atoms with Crippen LogP contribution in [0.5, 0.6) is 0 Å². The van der Waals surface area contributed by atoms with Gasteiger partial charge in [0.2, 0.25) is 6.13 Å². The van der Waals surface area contributed by atoms with Gasteiger partial charge in [0, 0.05) is 0 Å². The van der Waals surface area contributed by atoms with Gasteiger partial charge in [0.15, 0.2) is 0 Å². The zero-order valence-electron chi connectivity index (χ0n) is 3.04. The fourth-order valence-electron chi connectivity index (χ4n) is 0. The van der Waals surface area contributed by atoms with Crippen LogP contribution in [-0.4, -0.2) is 5.88 Å². The minimum Gasteiger partial charge on any atom is -0.225 e. The molecule has 0 aliphatic rings. The van der Waals surface area contributed by atoms with Crippen molar-refractivity contribution in [2.75, 3.05) is 0 Å². The molecule has 0 aromatic rings. The second-order valence-corrected chi connectivity index (χ2v) is 0.825. The molecule has 0 fully saturated rings. The maximum Gasteiger partial charge on any atom is 0.312 e. The quantitative estimate of drug-likeness (QED) is 0.470. The van der Waals surface area contributed by atoms with Crippen molar-refractivity contribution in [3.63, 3.8) is 0 Å². The fourth-order valence-corrected chi connectivity index (χ4v) is 0. The Morgan fingerprint density at radius 3 is 1.43 bits per heavy atom. The summed E-state index contributed by atoms with van der Waals surface area (Å²) < 4.78 is 30.1. The van der Waals surface area contributed by atoms with Crippen LogP contribution < -0.4 is 0 Å². The lowest BCUT2D eigenvalue weighted by molar-refractivity contribution is 0.243. The molecular formula is C2H2Cl2F3. The van der Waals surface area contributed by atoms with Gasteiger partial charge < -0.3 is 0 Å². The fraction of sp³-hybridized carbons (Fsp3) is 0.500. The highest BCUT2D eigenvalue weighted by Crippen LogP contribution is 1.93. The van der Waals surface area contributed by atoms with E-state index < -0.39 is 5.88 Å². The Bertz CT molecular complexity index is 22.1. The van der Waals surface area contributed by atoms with Crippen LogP contribution in [0.3, 0.4) is 0 Å². The lowest BCUT2D eigenvalue weighted by atomic mass is 11.7. The Morgan fingerprint density at radius 1 is 1.43 bits per heavy atom. The van der Waals surface area contributed by atoms with Gasteiger partial charge in [0.1, 0.15) is 0 Å². The van der Waals surface area contributed by atoms with Crippen LogP contribution in [0.1, 0.15) is 0 Å². The number of hydrogen-bond donors (Lipinski definition) is 0. The van der Waals surface area contributed by atoms with E-state index in [0.29, 0.717) is 0 Å². The number of rotatable bonds is 0. The highest BCUT2D eigenvalue weighted by molar-refractivity contribution is 6.21. The Hall–Kier alpha value is 0.370. The van der Waals surface area contributed by atoms with Crippen molar-refractivity contribution >= 4 is 23.2 Å². The summed E-state index contributed by atoms with van der Waals surface area (Å²) in [5, 5.41) is 0. The molecule has 0 N–H and O–H groups in total. The third-order valence-electron chi connectivity index (χ3n) is 0. The van der Waals surface area contributed by atoms with Gasteiger partial charge in [-0.25, -0.2) is 4.39 Å². The molecule has 0 unspecified atom stereocenters. The first-order chi connectivity index (χ1) is 3.15. The van der Waals surface area contributed by atoms with E-state index in [0.717, 1.165) is 0 Å². The van der Waals surface area contributed by atoms with Gasteiger partial charge in [-0.15, -0.1) is 0 Å². The number of hydrogen-bond acceptors (Lipinski definition) is 0. The topological polar surface area (TPSA) is 0 Å². The third-order valence-corrected chi connectivity index (χ3v) is 0. The molecule has 0 atom stereocenters. The van der Waals surface area contributed by atoms with Crippen molar-refractivity contribution in [1.29, 1.82) is 0 Å². The molecule has 5 heteroatoms. The van der Waals surface area contributed by atoms with Crippen molar-refractivity contribution in [2.45, 2.75) is 5.88 Å². The van der Waals surface area contributed by atoms with E-state index in [2.05, 4.69) is 23.2 Å². The molecule has 0 rings (SSSR count). The number of alkyl halides is 3. The molecule has 0 aromatic carbocycles. The van der Waals surface area contributed by atoms with Gasteiger partial charge in [-0.1, -0.05) is 23.2 Å². The van der Waals surface area contributed by atoms with Gasteiger partial charge in [0.25, 0.3) is 0 Å². The van der Waals surface area contributed by atoms with Gasteiger partial charge in [-0.3, -0.25) is 0 Å². The molecular weight excluding hydrogens is 152 g/mol. The molecule has 45 valence electrons. The molecule has 0 aliphatic heterocycles. The molecule has 0 saturated heterocycles. The molecule has 7 heavy (non-hydrogen) atoms. The van der Waals surface area contributed by atoms with Crippen molar-refractivity contribution < 1.29 is 13.2 Å². The molecule has 1 radical (unpaired) electrons. The highest BCUT2D eigenvalue weighted by atomic mass is 35.5. The Balaban J connectivity index is 0. The predicted molar refractivity (Wildman–Crippen MR) is 23.1 cm³/mol. The van der Waals surface area contributed by atoms with Crippen molar-refractivity contribution in [1.82, 2.24) is 0 Å². The SMILES string of the molecule is FC(F)Cl.F[CH]Cl. The normalized spacial score (nSPS) is 7.71. The van der Waals surface area contributed by atoms with Crippen LogP contribution in [0.2, 0.25) is 0 Å². The molecule has 0 heterocycles. The largest absolute Gasteiger partial charge is 0.312 e. The van der Waals surface area contributed by atoms with Crippen molar-refractivity contribution in [2.24, 2.45) is 0 Å². The van der Waals surface area contributed by atoms with Crippen LogP contribution >= 0.6 is 23.2 Å². The van der Waals surface area contributed by atoms with Crippen LogP contribution in [-0.2, 0) is 0 Å². The standard InChI is InChI=1S/CHClF2.CHClF/c2-1(3)4;2-1-3/h1H;1H. The first kappa shape index (κ1) is 10.4. The molecule has 0 saturated carbocycles. The van der Waals surface area contributed by atoms with Crippen molar-refractivity contribution in [3.8, 4) is 0 Å². The molecule has 0 spiro atoms. The first-order valence-corrected chi connectivity index (χ1v) is 1.96. The number of halogens is 5. The molecule has 0 aliphatic carbocycles. The van der Waals surface area contributed by atoms with Crippen LogP contribution in [0, 0.1) is 6.13 Å². The maximum atomic E-state index is 10.1. The van der Waals surface area contributed by atoms with Crippen molar-refractivity contribution in [3.05, 3.63) is 6.13 Å². The van der Waals surface area contributed by atoms with E-state index in [4.69, 9.17) is 0 Å². The van der Waals surface area contributed by atoms with E-state index in [9.17, 15) is 13.2 Å². The summed E-state index contributed by atoms with van der Waals surface area (Å²) >= 11 is 8.15. The van der Waals surface area contributed by atoms with Gasteiger partial charge in [-0.05, 0) is 0 Å². The van der Waals surface area contributed by atoms with E-state index in [1.54, 1.807) is 0 Å². The average Bonchev–Trinajstić information content (AvgIpc) is 1.33. The van der Waals surface area contributed by atoms with E-state index in [1.807, 2.05) is 0 Å². The summed E-state index contributed by atoms with van der Waals surface area (Å²) in [5.74, 6) is -2.69. The Kier molecular flexibility index (Phi) is 14.3. The van der Waals surface area contributed by atoms with Crippen LogP contribution in [0.15, 0.2) is 0 Å². The van der Waals surface area contributed by atoms with Crippen LogP contribution in [0.4, 0.5) is 13.2 Å².